The van der Waals surface area contributed by atoms with E-state index in [0.29, 0.717) is 18.8 Å². The number of likely N-dealkylation sites (tertiary alicyclic amines) is 1. The molecule has 166 valence electrons. The van der Waals surface area contributed by atoms with E-state index < -0.39 is 0 Å². The molecule has 0 saturated carbocycles. The minimum Gasteiger partial charge on any atom is -0.497 e. The van der Waals surface area contributed by atoms with Crippen molar-refractivity contribution in [3.63, 3.8) is 0 Å². The molecule has 1 saturated heterocycles. The number of anilines is 1. The molecule has 3 aromatic rings. The van der Waals surface area contributed by atoms with Gasteiger partial charge in [-0.25, -0.2) is 0 Å². The fourth-order valence-corrected chi connectivity index (χ4v) is 4.28. The second-order valence-corrected chi connectivity index (χ2v) is 8.40. The predicted molar refractivity (Wildman–Crippen MR) is 126 cm³/mol. The average molecular weight is 432 g/mol. The van der Waals surface area contributed by atoms with Crippen molar-refractivity contribution in [3.05, 3.63) is 71.5 Å². The highest BCUT2D eigenvalue weighted by molar-refractivity contribution is 5.96. The number of carbonyl (C=O) groups excluding carboxylic acids is 2. The highest BCUT2D eigenvalue weighted by atomic mass is 16.5. The van der Waals surface area contributed by atoms with Gasteiger partial charge in [-0.3, -0.25) is 9.59 Å². The lowest BCUT2D eigenvalue weighted by atomic mass is 9.96. The summed E-state index contributed by atoms with van der Waals surface area (Å²) in [5, 5.41) is 3.02. The number of aromatic amines is 1. The fraction of sp³-hybridized carbons (Fsp3) is 0.308. The molecule has 32 heavy (non-hydrogen) atoms. The minimum absolute atomic E-state index is 0.0317. The monoisotopic (exact) mass is 431 g/mol. The molecule has 1 aliphatic heterocycles. The van der Waals surface area contributed by atoms with Gasteiger partial charge in [-0.1, -0.05) is 24.3 Å². The van der Waals surface area contributed by atoms with Crippen molar-refractivity contribution in [1.29, 1.82) is 0 Å². The largest absolute Gasteiger partial charge is 0.497 e. The van der Waals surface area contributed by atoms with Crippen LogP contribution in [0.15, 0.2) is 54.6 Å². The maximum absolute atomic E-state index is 12.9. The molecule has 6 heteroatoms. The van der Waals surface area contributed by atoms with E-state index in [0.717, 1.165) is 46.7 Å². The first kappa shape index (κ1) is 21.7. The number of methoxy groups -OCH3 is 1. The Balaban J connectivity index is 1.40. The van der Waals surface area contributed by atoms with Crippen LogP contribution in [-0.2, 0) is 4.79 Å². The summed E-state index contributed by atoms with van der Waals surface area (Å²) in [5.41, 5.74) is 5.38. The highest BCUT2D eigenvalue weighted by Crippen LogP contribution is 2.26. The van der Waals surface area contributed by atoms with Gasteiger partial charge in [0, 0.05) is 24.5 Å². The summed E-state index contributed by atoms with van der Waals surface area (Å²) in [6.45, 7) is 4.98. The van der Waals surface area contributed by atoms with Crippen LogP contribution in [0.3, 0.4) is 0 Å². The van der Waals surface area contributed by atoms with Gasteiger partial charge in [0.05, 0.1) is 13.0 Å². The van der Waals surface area contributed by atoms with Crippen molar-refractivity contribution in [2.75, 3.05) is 25.5 Å². The van der Waals surface area contributed by atoms with Crippen LogP contribution in [-0.4, -0.2) is 41.9 Å². The number of H-pyrrole nitrogens is 1. The molecule has 0 radical (unpaired) electrons. The van der Waals surface area contributed by atoms with E-state index in [1.54, 1.807) is 12.0 Å². The standard InChI is InChI=1S/C26H29N3O3/c1-17-14-18(2)27-24(17)26(31)29-13-5-7-21(16-29)25(30)28-22-11-9-19(10-12-22)20-6-4-8-23(15-20)32-3/h4,6,8-12,14-15,21,27H,5,7,13,16H2,1-3H3,(H,28,30). The van der Waals surface area contributed by atoms with E-state index in [1.165, 1.54) is 0 Å². The van der Waals surface area contributed by atoms with Gasteiger partial charge in [0.1, 0.15) is 11.4 Å². The van der Waals surface area contributed by atoms with E-state index in [1.807, 2.05) is 68.4 Å². The Kier molecular flexibility index (Phi) is 6.30. The summed E-state index contributed by atoms with van der Waals surface area (Å²) in [6, 6.07) is 17.6. The average Bonchev–Trinajstić information content (AvgIpc) is 3.16. The number of nitrogens with zero attached hydrogens (tertiary/aromatic N) is 1. The maximum atomic E-state index is 12.9. The van der Waals surface area contributed by atoms with E-state index in [9.17, 15) is 9.59 Å². The van der Waals surface area contributed by atoms with E-state index >= 15 is 0 Å². The predicted octanol–water partition coefficient (Wildman–Crippen LogP) is 4.80. The highest BCUT2D eigenvalue weighted by Gasteiger charge is 2.30. The summed E-state index contributed by atoms with van der Waals surface area (Å²) in [4.78, 5) is 30.8. The number of nitrogens with one attached hydrogen (secondary N) is 2. The zero-order valence-electron chi connectivity index (χ0n) is 18.8. The summed E-state index contributed by atoms with van der Waals surface area (Å²) in [6.07, 6.45) is 1.59. The summed E-state index contributed by atoms with van der Waals surface area (Å²) >= 11 is 0. The number of benzene rings is 2. The lowest BCUT2D eigenvalue weighted by molar-refractivity contribution is -0.121. The van der Waals surface area contributed by atoms with Crippen LogP contribution in [0.4, 0.5) is 5.69 Å². The van der Waals surface area contributed by atoms with E-state index in [2.05, 4.69) is 10.3 Å². The molecular formula is C26H29N3O3. The van der Waals surface area contributed by atoms with Gasteiger partial charge in [-0.2, -0.15) is 0 Å². The topological polar surface area (TPSA) is 74.4 Å². The fourth-order valence-electron chi connectivity index (χ4n) is 4.28. The number of amides is 2. The van der Waals surface area contributed by atoms with Crippen LogP contribution >= 0.6 is 0 Å². The Labute approximate surface area is 188 Å². The Morgan fingerprint density at radius 3 is 2.53 bits per heavy atom. The molecule has 1 aliphatic rings. The lowest BCUT2D eigenvalue weighted by Crippen LogP contribution is -2.44. The quantitative estimate of drug-likeness (QED) is 0.609. The van der Waals surface area contributed by atoms with Gasteiger partial charge in [-0.15, -0.1) is 0 Å². The van der Waals surface area contributed by atoms with Crippen LogP contribution in [0.1, 0.15) is 34.6 Å². The summed E-state index contributed by atoms with van der Waals surface area (Å²) in [5.74, 6) is 0.509. The third-order valence-electron chi connectivity index (χ3n) is 6.00. The maximum Gasteiger partial charge on any atom is 0.270 e. The molecular weight excluding hydrogens is 402 g/mol. The number of aromatic nitrogens is 1. The molecule has 1 aromatic heterocycles. The summed E-state index contributed by atoms with van der Waals surface area (Å²) in [7, 11) is 1.65. The zero-order valence-corrected chi connectivity index (χ0v) is 18.8. The van der Waals surface area contributed by atoms with Crippen LogP contribution in [0, 0.1) is 19.8 Å². The molecule has 2 heterocycles. The Bertz CT molecular complexity index is 1120. The number of carbonyl (C=O) groups is 2. The van der Waals surface area contributed by atoms with Gasteiger partial charge in [0.25, 0.3) is 5.91 Å². The van der Waals surface area contributed by atoms with Gasteiger partial charge < -0.3 is 19.9 Å². The third-order valence-corrected chi connectivity index (χ3v) is 6.00. The van der Waals surface area contributed by atoms with Crippen LogP contribution in [0.25, 0.3) is 11.1 Å². The second-order valence-electron chi connectivity index (χ2n) is 8.40. The van der Waals surface area contributed by atoms with Crippen molar-refractivity contribution >= 4 is 17.5 Å². The third kappa shape index (κ3) is 4.69. The molecule has 0 spiro atoms. The van der Waals surface area contributed by atoms with Crippen molar-refractivity contribution < 1.29 is 14.3 Å². The van der Waals surface area contributed by atoms with Crippen LogP contribution in [0.2, 0.25) is 0 Å². The number of rotatable bonds is 5. The summed E-state index contributed by atoms with van der Waals surface area (Å²) < 4.78 is 5.29. The van der Waals surface area contributed by atoms with Crippen LogP contribution < -0.4 is 10.1 Å². The molecule has 1 atom stereocenters. The first-order valence-corrected chi connectivity index (χ1v) is 11.0. The smallest absolute Gasteiger partial charge is 0.270 e. The second kappa shape index (κ2) is 9.30. The zero-order chi connectivity index (χ0) is 22.7. The first-order chi connectivity index (χ1) is 15.4. The Hall–Kier alpha value is -3.54. The van der Waals surface area contributed by atoms with Crippen molar-refractivity contribution in [3.8, 4) is 16.9 Å². The normalized spacial score (nSPS) is 16.0. The first-order valence-electron chi connectivity index (χ1n) is 11.0. The van der Waals surface area contributed by atoms with E-state index in [-0.39, 0.29) is 17.7 Å². The lowest BCUT2D eigenvalue weighted by Gasteiger charge is -2.32. The number of aryl methyl sites for hydroxylation is 2. The SMILES string of the molecule is COc1cccc(-c2ccc(NC(=O)C3CCCN(C(=O)c4[nH]c(C)cc4C)C3)cc2)c1. The molecule has 2 amide bonds. The number of piperidine rings is 1. The van der Waals surface area contributed by atoms with Crippen molar-refractivity contribution in [2.24, 2.45) is 5.92 Å². The van der Waals surface area contributed by atoms with Gasteiger partial charge in [-0.05, 0) is 73.7 Å². The number of hydrogen-bond donors (Lipinski definition) is 2. The molecule has 2 N–H and O–H groups in total. The van der Waals surface area contributed by atoms with Gasteiger partial charge in [0.2, 0.25) is 5.91 Å². The molecule has 0 aliphatic carbocycles. The molecule has 4 rings (SSSR count). The molecule has 2 aromatic carbocycles. The molecule has 1 fully saturated rings. The van der Waals surface area contributed by atoms with Crippen molar-refractivity contribution in [2.45, 2.75) is 26.7 Å². The minimum atomic E-state index is -0.220. The van der Waals surface area contributed by atoms with Gasteiger partial charge >= 0.3 is 0 Å². The number of hydrogen-bond acceptors (Lipinski definition) is 3. The van der Waals surface area contributed by atoms with E-state index in [4.69, 9.17) is 4.74 Å². The Morgan fingerprint density at radius 1 is 1.06 bits per heavy atom. The van der Waals surface area contributed by atoms with Crippen molar-refractivity contribution in [1.82, 2.24) is 9.88 Å². The molecule has 0 bridgehead atoms. The molecule has 6 nitrogen and oxygen atoms in total. The number of ether oxygens (including phenoxy) is 1. The Morgan fingerprint density at radius 2 is 1.84 bits per heavy atom. The molecule has 1 unspecified atom stereocenters. The van der Waals surface area contributed by atoms with Gasteiger partial charge in [0.15, 0.2) is 0 Å². The van der Waals surface area contributed by atoms with Crippen LogP contribution in [0.5, 0.6) is 5.75 Å².